The van der Waals surface area contributed by atoms with Gasteiger partial charge in [0, 0.05) is 0 Å². The van der Waals surface area contributed by atoms with Crippen LogP contribution >= 0.6 is 11.6 Å². The number of hydrogen-bond acceptors (Lipinski definition) is 2. The van der Waals surface area contributed by atoms with Crippen molar-refractivity contribution in [1.82, 2.24) is 0 Å². The molecule has 0 aliphatic rings. The lowest BCUT2D eigenvalue weighted by molar-refractivity contribution is -0.153. The molecule has 1 amide bonds. The highest BCUT2D eigenvalue weighted by Gasteiger charge is 2.28. The van der Waals surface area contributed by atoms with Gasteiger partial charge in [-0.15, -0.1) is 11.6 Å². The molecule has 0 heterocycles. The highest BCUT2D eigenvalue weighted by Crippen LogP contribution is 2.26. The first-order valence-electron chi connectivity index (χ1n) is 5.03. The Labute approximate surface area is 107 Å². The van der Waals surface area contributed by atoms with Gasteiger partial charge in [0.05, 0.1) is 5.69 Å². The van der Waals surface area contributed by atoms with E-state index >= 15 is 0 Å². The maximum absolute atomic E-state index is 12.0. The quantitative estimate of drug-likeness (QED) is 0.861. The number of anilines is 1. The molecule has 1 N–H and O–H groups in total. The third-order valence-electron chi connectivity index (χ3n) is 1.90. The predicted molar refractivity (Wildman–Crippen MR) is 61.9 cm³/mol. The molecule has 0 bridgehead atoms. The van der Waals surface area contributed by atoms with E-state index < -0.39 is 24.1 Å². The molecular weight excluding hydrogens is 271 g/mol. The Morgan fingerprint density at radius 1 is 1.44 bits per heavy atom. The predicted octanol–water partition coefficient (Wildman–Crippen LogP) is 3.19. The summed E-state index contributed by atoms with van der Waals surface area (Å²) < 4.78 is 40.7. The molecule has 0 spiro atoms. The second-order valence-electron chi connectivity index (χ2n) is 3.51. The molecule has 0 radical (unpaired) electrons. The Balaban J connectivity index is 2.77. The number of carbonyl (C=O) groups is 1. The van der Waals surface area contributed by atoms with Crippen molar-refractivity contribution in [1.29, 1.82) is 0 Å². The Morgan fingerprint density at radius 3 is 2.61 bits per heavy atom. The number of amides is 1. The lowest BCUT2D eigenvalue weighted by Gasteiger charge is -2.14. The van der Waals surface area contributed by atoms with Crippen LogP contribution in [-0.4, -0.2) is 24.1 Å². The van der Waals surface area contributed by atoms with Gasteiger partial charge in [0.1, 0.15) is 11.1 Å². The first-order valence-corrected chi connectivity index (χ1v) is 5.47. The maximum Gasteiger partial charge on any atom is 0.422 e. The van der Waals surface area contributed by atoms with Crippen LogP contribution in [0.5, 0.6) is 5.75 Å². The van der Waals surface area contributed by atoms with Gasteiger partial charge in [-0.2, -0.15) is 13.2 Å². The molecule has 0 saturated carbocycles. The Kier molecular flexibility index (Phi) is 4.84. The van der Waals surface area contributed by atoms with E-state index in [9.17, 15) is 18.0 Å². The van der Waals surface area contributed by atoms with Crippen molar-refractivity contribution in [3.05, 3.63) is 24.3 Å². The summed E-state index contributed by atoms with van der Waals surface area (Å²) in [5.74, 6) is -0.569. The van der Waals surface area contributed by atoms with Crippen molar-refractivity contribution in [2.75, 3.05) is 11.9 Å². The largest absolute Gasteiger partial charge is 0.482 e. The van der Waals surface area contributed by atoms with Crippen LogP contribution in [0.1, 0.15) is 6.92 Å². The number of nitrogens with one attached hydrogen (secondary N) is 1. The minimum atomic E-state index is -4.43. The van der Waals surface area contributed by atoms with Crippen LogP contribution < -0.4 is 10.1 Å². The van der Waals surface area contributed by atoms with Crippen molar-refractivity contribution in [3.63, 3.8) is 0 Å². The van der Waals surface area contributed by atoms with E-state index in [1.807, 2.05) is 0 Å². The van der Waals surface area contributed by atoms with Gasteiger partial charge < -0.3 is 10.1 Å². The van der Waals surface area contributed by atoms with Gasteiger partial charge in [-0.25, -0.2) is 0 Å². The molecule has 0 aliphatic heterocycles. The van der Waals surface area contributed by atoms with E-state index in [1.54, 1.807) is 6.07 Å². The maximum atomic E-state index is 12.0. The highest BCUT2D eigenvalue weighted by atomic mass is 35.5. The average molecular weight is 282 g/mol. The molecule has 100 valence electrons. The zero-order valence-corrected chi connectivity index (χ0v) is 10.2. The molecule has 1 aromatic rings. The molecule has 0 aliphatic carbocycles. The zero-order valence-electron chi connectivity index (χ0n) is 9.42. The van der Waals surface area contributed by atoms with Gasteiger partial charge in [-0.3, -0.25) is 4.79 Å². The smallest absolute Gasteiger partial charge is 0.422 e. The lowest BCUT2D eigenvalue weighted by atomic mass is 10.3. The van der Waals surface area contributed by atoms with Crippen LogP contribution in [0.2, 0.25) is 0 Å². The van der Waals surface area contributed by atoms with Gasteiger partial charge in [-0.1, -0.05) is 12.1 Å². The van der Waals surface area contributed by atoms with Gasteiger partial charge in [0.15, 0.2) is 6.61 Å². The first kappa shape index (κ1) is 14.6. The molecule has 1 rings (SSSR count). The summed E-state index contributed by atoms with van der Waals surface area (Å²) in [7, 11) is 0. The van der Waals surface area contributed by atoms with Gasteiger partial charge in [0.25, 0.3) is 0 Å². The van der Waals surface area contributed by atoms with E-state index in [0.29, 0.717) is 0 Å². The number of hydrogen-bond donors (Lipinski definition) is 1. The molecular formula is C11H11ClF3NO2. The summed E-state index contributed by atoms with van der Waals surface area (Å²) >= 11 is 5.55. The standard InChI is InChI=1S/C11H11ClF3NO2/c1-7(12)10(17)16-8-4-2-3-5-9(8)18-6-11(13,14)15/h2-5,7H,6H2,1H3,(H,16,17). The minimum Gasteiger partial charge on any atom is -0.482 e. The summed E-state index contributed by atoms with van der Waals surface area (Å²) in [5, 5.41) is 1.59. The lowest BCUT2D eigenvalue weighted by Crippen LogP contribution is -2.22. The van der Waals surface area contributed by atoms with Crippen molar-refractivity contribution >= 4 is 23.2 Å². The van der Waals surface area contributed by atoms with Gasteiger partial charge >= 0.3 is 6.18 Å². The van der Waals surface area contributed by atoms with E-state index in [-0.39, 0.29) is 11.4 Å². The van der Waals surface area contributed by atoms with Crippen molar-refractivity contribution in [3.8, 4) is 5.75 Å². The van der Waals surface area contributed by atoms with Crippen molar-refractivity contribution < 1.29 is 22.7 Å². The van der Waals surface area contributed by atoms with E-state index in [2.05, 4.69) is 10.1 Å². The number of carbonyl (C=O) groups excluding carboxylic acids is 1. The first-order chi connectivity index (χ1) is 8.29. The summed E-state index contributed by atoms with van der Waals surface area (Å²) in [6.07, 6.45) is -4.43. The molecule has 0 aromatic heterocycles. The number of para-hydroxylation sites is 2. The van der Waals surface area contributed by atoms with Crippen molar-refractivity contribution in [2.24, 2.45) is 0 Å². The number of ether oxygens (including phenoxy) is 1. The van der Waals surface area contributed by atoms with Crippen LogP contribution in [0.3, 0.4) is 0 Å². The van der Waals surface area contributed by atoms with Crippen LogP contribution in [0, 0.1) is 0 Å². The molecule has 18 heavy (non-hydrogen) atoms. The van der Waals surface area contributed by atoms with Gasteiger partial charge in [-0.05, 0) is 19.1 Å². The molecule has 1 unspecified atom stereocenters. The fourth-order valence-electron chi connectivity index (χ4n) is 1.09. The summed E-state index contributed by atoms with van der Waals surface area (Å²) in [4.78, 5) is 11.3. The third kappa shape index (κ3) is 4.83. The SMILES string of the molecule is CC(Cl)C(=O)Nc1ccccc1OCC(F)(F)F. The Bertz CT molecular complexity index is 421. The Hall–Kier alpha value is -1.43. The van der Waals surface area contributed by atoms with E-state index in [1.165, 1.54) is 25.1 Å². The van der Waals surface area contributed by atoms with Crippen LogP contribution in [0.4, 0.5) is 18.9 Å². The second kappa shape index (κ2) is 5.95. The van der Waals surface area contributed by atoms with Crippen LogP contribution in [-0.2, 0) is 4.79 Å². The summed E-state index contributed by atoms with van der Waals surface area (Å²) in [6, 6.07) is 5.84. The molecule has 1 atom stereocenters. The molecule has 0 fully saturated rings. The fraction of sp³-hybridized carbons (Fsp3) is 0.364. The monoisotopic (exact) mass is 281 g/mol. The van der Waals surface area contributed by atoms with Crippen molar-refractivity contribution in [2.45, 2.75) is 18.5 Å². The van der Waals surface area contributed by atoms with Crippen LogP contribution in [0.15, 0.2) is 24.3 Å². The van der Waals surface area contributed by atoms with Gasteiger partial charge in [0.2, 0.25) is 5.91 Å². The van der Waals surface area contributed by atoms with E-state index in [0.717, 1.165) is 0 Å². The van der Waals surface area contributed by atoms with E-state index in [4.69, 9.17) is 11.6 Å². The number of halogens is 4. The second-order valence-corrected chi connectivity index (χ2v) is 4.16. The highest BCUT2D eigenvalue weighted by molar-refractivity contribution is 6.32. The summed E-state index contributed by atoms with van der Waals surface area (Å²) in [5.41, 5.74) is 0.152. The average Bonchev–Trinajstić information content (AvgIpc) is 2.26. The van der Waals surface area contributed by atoms with Crippen LogP contribution in [0.25, 0.3) is 0 Å². The number of rotatable bonds is 4. The molecule has 0 saturated heterocycles. The normalized spacial score (nSPS) is 12.9. The number of alkyl halides is 4. The molecule has 1 aromatic carbocycles. The third-order valence-corrected chi connectivity index (χ3v) is 2.10. The Morgan fingerprint density at radius 2 is 2.06 bits per heavy atom. The molecule has 7 heteroatoms. The number of benzene rings is 1. The summed E-state index contributed by atoms with van der Waals surface area (Å²) in [6.45, 7) is 0.0341. The minimum absolute atomic E-state index is 0.0551. The topological polar surface area (TPSA) is 38.3 Å². The fourth-order valence-corrected chi connectivity index (χ4v) is 1.14. The zero-order chi connectivity index (χ0) is 13.8. The molecule has 3 nitrogen and oxygen atoms in total.